The summed E-state index contributed by atoms with van der Waals surface area (Å²) in [5, 5.41) is 0. The first-order valence-corrected chi connectivity index (χ1v) is 6.14. The van der Waals surface area contributed by atoms with Gasteiger partial charge in [0.1, 0.15) is 5.75 Å². The van der Waals surface area contributed by atoms with Crippen LogP contribution in [0.5, 0.6) is 5.75 Å². The van der Waals surface area contributed by atoms with E-state index in [1.165, 1.54) is 37.7 Å². The van der Waals surface area contributed by atoms with Gasteiger partial charge in [-0.15, -0.1) is 0 Å². The molecule has 80 valence electrons. The second-order valence-corrected chi connectivity index (χ2v) is 4.93. The zero-order chi connectivity index (χ0) is 10.1. The summed E-state index contributed by atoms with van der Waals surface area (Å²) in [6.45, 7) is 0.946. The van der Waals surface area contributed by atoms with Crippen molar-refractivity contribution in [2.45, 2.75) is 32.1 Å². The molecule has 0 spiro atoms. The van der Waals surface area contributed by atoms with Gasteiger partial charge in [0.15, 0.2) is 0 Å². The second kappa shape index (κ2) is 3.88. The Bertz CT molecular complexity index is 345. The fraction of sp³-hybridized carbons (Fsp3) is 0.571. The third-order valence-corrected chi connectivity index (χ3v) is 3.97. The van der Waals surface area contributed by atoms with Gasteiger partial charge >= 0.3 is 0 Å². The summed E-state index contributed by atoms with van der Waals surface area (Å²) >= 11 is 0. The molecule has 0 bridgehead atoms. The molecule has 1 aliphatic carbocycles. The summed E-state index contributed by atoms with van der Waals surface area (Å²) in [6.07, 6.45) is 6.84. The number of hydrogen-bond donors (Lipinski definition) is 0. The van der Waals surface area contributed by atoms with Crippen molar-refractivity contribution in [1.82, 2.24) is 0 Å². The van der Waals surface area contributed by atoms with Crippen LogP contribution in [0.2, 0.25) is 0 Å². The molecular formula is C14H18O. The molecule has 1 nitrogen and oxygen atoms in total. The smallest absolute Gasteiger partial charge is 0.122 e. The first kappa shape index (κ1) is 9.26. The van der Waals surface area contributed by atoms with Crippen LogP contribution in [0.25, 0.3) is 0 Å². The molecule has 2 atom stereocenters. The van der Waals surface area contributed by atoms with Crippen LogP contribution < -0.4 is 4.74 Å². The van der Waals surface area contributed by atoms with Crippen molar-refractivity contribution in [3.05, 3.63) is 29.8 Å². The molecule has 1 aromatic carbocycles. The summed E-state index contributed by atoms with van der Waals surface area (Å²) in [7, 11) is 0. The normalized spacial score (nSPS) is 29.6. The fourth-order valence-corrected chi connectivity index (χ4v) is 3.07. The minimum absolute atomic E-state index is 0.811. The van der Waals surface area contributed by atoms with Gasteiger partial charge in [0.25, 0.3) is 0 Å². The van der Waals surface area contributed by atoms with Gasteiger partial charge in [-0.2, -0.15) is 0 Å². The van der Waals surface area contributed by atoms with Crippen LogP contribution in [0.15, 0.2) is 24.3 Å². The standard InChI is InChI=1S/C14H18O/c1-2-7-13-10-15-14-8-4-3-6-12(14)9-11(13)5-1/h3-4,6,8,11,13H,1-2,5,7,9-10H2/t11-,13-/m0/s1. The fourth-order valence-electron chi connectivity index (χ4n) is 3.07. The largest absolute Gasteiger partial charge is 0.493 e. The van der Waals surface area contributed by atoms with Crippen LogP contribution in [0.4, 0.5) is 0 Å². The number of benzene rings is 1. The third kappa shape index (κ3) is 1.75. The highest BCUT2D eigenvalue weighted by Crippen LogP contribution is 2.37. The van der Waals surface area contributed by atoms with Gasteiger partial charge in [-0.05, 0) is 42.7 Å². The van der Waals surface area contributed by atoms with Crippen molar-refractivity contribution in [2.24, 2.45) is 11.8 Å². The van der Waals surface area contributed by atoms with Gasteiger partial charge < -0.3 is 4.74 Å². The quantitative estimate of drug-likeness (QED) is 0.626. The number of para-hydroxylation sites is 1. The average Bonchev–Trinajstić information content (AvgIpc) is 2.48. The predicted octanol–water partition coefficient (Wildman–Crippen LogP) is 3.43. The first-order valence-electron chi connectivity index (χ1n) is 6.14. The summed E-state index contributed by atoms with van der Waals surface area (Å²) in [6, 6.07) is 8.55. The second-order valence-electron chi connectivity index (χ2n) is 4.93. The highest BCUT2D eigenvalue weighted by molar-refractivity contribution is 5.34. The lowest BCUT2D eigenvalue weighted by Crippen LogP contribution is -2.24. The highest BCUT2D eigenvalue weighted by Gasteiger charge is 2.29. The lowest BCUT2D eigenvalue weighted by atomic mass is 9.77. The number of rotatable bonds is 0. The Morgan fingerprint density at radius 3 is 2.73 bits per heavy atom. The zero-order valence-corrected chi connectivity index (χ0v) is 9.11. The van der Waals surface area contributed by atoms with Crippen molar-refractivity contribution in [3.63, 3.8) is 0 Å². The molecule has 0 amide bonds. The molecule has 1 aliphatic heterocycles. The molecule has 1 aromatic rings. The summed E-state index contributed by atoms with van der Waals surface area (Å²) in [4.78, 5) is 0. The SMILES string of the molecule is c1ccc2c(c1)C[C@@H]1CCCC[C@H]1CO2. The molecular weight excluding hydrogens is 184 g/mol. The van der Waals surface area contributed by atoms with Crippen molar-refractivity contribution < 1.29 is 4.74 Å². The van der Waals surface area contributed by atoms with E-state index < -0.39 is 0 Å². The van der Waals surface area contributed by atoms with Crippen molar-refractivity contribution in [2.75, 3.05) is 6.61 Å². The molecule has 15 heavy (non-hydrogen) atoms. The molecule has 1 fully saturated rings. The van der Waals surface area contributed by atoms with Crippen molar-refractivity contribution in [1.29, 1.82) is 0 Å². The molecule has 0 N–H and O–H groups in total. The van der Waals surface area contributed by atoms with Gasteiger partial charge in [0.2, 0.25) is 0 Å². The highest BCUT2D eigenvalue weighted by atomic mass is 16.5. The molecule has 0 saturated heterocycles. The number of hydrogen-bond acceptors (Lipinski definition) is 1. The minimum Gasteiger partial charge on any atom is -0.493 e. The maximum atomic E-state index is 5.92. The average molecular weight is 202 g/mol. The summed E-state index contributed by atoms with van der Waals surface area (Å²) < 4.78 is 5.92. The van der Waals surface area contributed by atoms with Crippen LogP contribution >= 0.6 is 0 Å². The van der Waals surface area contributed by atoms with E-state index in [1.807, 2.05) is 0 Å². The molecule has 3 rings (SSSR count). The summed E-state index contributed by atoms with van der Waals surface area (Å²) in [5.74, 6) is 2.82. The van der Waals surface area contributed by atoms with Crippen LogP contribution in [0.3, 0.4) is 0 Å². The monoisotopic (exact) mass is 202 g/mol. The van der Waals surface area contributed by atoms with Crippen molar-refractivity contribution in [3.8, 4) is 5.75 Å². The lowest BCUT2D eigenvalue weighted by molar-refractivity contribution is 0.163. The van der Waals surface area contributed by atoms with E-state index in [0.717, 1.165) is 24.2 Å². The predicted molar refractivity (Wildman–Crippen MR) is 61.1 cm³/mol. The van der Waals surface area contributed by atoms with Gasteiger partial charge in [-0.3, -0.25) is 0 Å². The lowest BCUT2D eigenvalue weighted by Gasteiger charge is -2.28. The Morgan fingerprint density at radius 2 is 1.80 bits per heavy atom. The number of fused-ring (bicyclic) bond motifs is 2. The first-order chi connectivity index (χ1) is 7.43. The molecule has 1 heterocycles. The minimum atomic E-state index is 0.811. The van der Waals surface area contributed by atoms with E-state index in [-0.39, 0.29) is 0 Å². The van der Waals surface area contributed by atoms with E-state index in [1.54, 1.807) is 0 Å². The molecule has 2 aliphatic rings. The van der Waals surface area contributed by atoms with Crippen LogP contribution in [-0.4, -0.2) is 6.61 Å². The van der Waals surface area contributed by atoms with Crippen molar-refractivity contribution >= 4 is 0 Å². The Labute approximate surface area is 91.5 Å². The Hall–Kier alpha value is -0.980. The van der Waals surface area contributed by atoms with E-state index in [9.17, 15) is 0 Å². The Balaban J connectivity index is 1.88. The van der Waals surface area contributed by atoms with Gasteiger partial charge in [0.05, 0.1) is 6.61 Å². The van der Waals surface area contributed by atoms with Crippen LogP contribution in [0.1, 0.15) is 31.2 Å². The topological polar surface area (TPSA) is 9.23 Å². The van der Waals surface area contributed by atoms with Crippen LogP contribution in [-0.2, 0) is 6.42 Å². The maximum Gasteiger partial charge on any atom is 0.122 e. The van der Waals surface area contributed by atoms with Crippen LogP contribution in [0, 0.1) is 11.8 Å². The maximum absolute atomic E-state index is 5.92. The van der Waals surface area contributed by atoms with E-state index >= 15 is 0 Å². The van der Waals surface area contributed by atoms with E-state index in [4.69, 9.17) is 4.74 Å². The third-order valence-electron chi connectivity index (χ3n) is 3.97. The molecule has 0 unspecified atom stereocenters. The molecule has 0 radical (unpaired) electrons. The Kier molecular flexibility index (Phi) is 2.40. The molecule has 1 saturated carbocycles. The zero-order valence-electron chi connectivity index (χ0n) is 9.11. The molecule has 0 aromatic heterocycles. The van der Waals surface area contributed by atoms with E-state index in [0.29, 0.717) is 0 Å². The summed E-state index contributed by atoms with van der Waals surface area (Å²) in [5.41, 5.74) is 1.42. The van der Waals surface area contributed by atoms with Gasteiger partial charge in [0, 0.05) is 0 Å². The van der Waals surface area contributed by atoms with Gasteiger partial charge in [-0.25, -0.2) is 0 Å². The molecule has 1 heteroatoms. The van der Waals surface area contributed by atoms with E-state index in [2.05, 4.69) is 24.3 Å². The number of ether oxygens (including phenoxy) is 1. The van der Waals surface area contributed by atoms with Gasteiger partial charge in [-0.1, -0.05) is 31.0 Å². The Morgan fingerprint density at radius 1 is 1.00 bits per heavy atom.